The van der Waals surface area contributed by atoms with Crippen molar-refractivity contribution >= 4 is 0 Å². The lowest BCUT2D eigenvalue weighted by Crippen LogP contribution is -2.45. The quantitative estimate of drug-likeness (QED) is 0.782. The number of pyridine rings is 1. The SMILES string of the molecule is Cc1ccc(CNCC2(O)CCC2)cn1. The first kappa shape index (κ1) is 10.6. The predicted octanol–water partition coefficient (Wildman–Crippen LogP) is 1.39. The molecule has 3 heteroatoms. The van der Waals surface area contributed by atoms with Crippen LogP contribution in [0.3, 0.4) is 0 Å². The number of aliphatic hydroxyl groups is 1. The largest absolute Gasteiger partial charge is 0.389 e. The topological polar surface area (TPSA) is 45.1 Å². The van der Waals surface area contributed by atoms with Crippen LogP contribution < -0.4 is 5.32 Å². The van der Waals surface area contributed by atoms with E-state index in [-0.39, 0.29) is 0 Å². The van der Waals surface area contributed by atoms with E-state index in [9.17, 15) is 5.11 Å². The molecule has 82 valence electrons. The van der Waals surface area contributed by atoms with Crippen molar-refractivity contribution in [2.24, 2.45) is 0 Å². The molecule has 1 fully saturated rings. The highest BCUT2D eigenvalue weighted by Crippen LogP contribution is 2.30. The Hall–Kier alpha value is -0.930. The summed E-state index contributed by atoms with van der Waals surface area (Å²) < 4.78 is 0. The van der Waals surface area contributed by atoms with E-state index >= 15 is 0 Å². The number of nitrogens with one attached hydrogen (secondary N) is 1. The molecule has 0 unspecified atom stereocenters. The second-order valence-corrected chi connectivity index (χ2v) is 4.49. The van der Waals surface area contributed by atoms with E-state index in [2.05, 4.69) is 16.4 Å². The third-order valence-electron chi connectivity index (χ3n) is 3.04. The Morgan fingerprint density at radius 2 is 2.27 bits per heavy atom. The molecule has 1 aromatic heterocycles. The Kier molecular flexibility index (Phi) is 3.03. The van der Waals surface area contributed by atoms with Crippen LogP contribution in [0, 0.1) is 6.92 Å². The van der Waals surface area contributed by atoms with Gasteiger partial charge in [0.1, 0.15) is 0 Å². The summed E-state index contributed by atoms with van der Waals surface area (Å²) in [7, 11) is 0. The third kappa shape index (κ3) is 2.76. The van der Waals surface area contributed by atoms with E-state index in [0.29, 0.717) is 6.54 Å². The molecule has 0 atom stereocenters. The number of nitrogens with zero attached hydrogens (tertiary/aromatic N) is 1. The first-order valence-electron chi connectivity index (χ1n) is 5.53. The van der Waals surface area contributed by atoms with Gasteiger partial charge in [0.2, 0.25) is 0 Å². The number of aryl methyl sites for hydroxylation is 1. The predicted molar refractivity (Wildman–Crippen MR) is 59.5 cm³/mol. The zero-order valence-electron chi connectivity index (χ0n) is 9.16. The van der Waals surface area contributed by atoms with Gasteiger partial charge in [0.05, 0.1) is 5.60 Å². The van der Waals surface area contributed by atoms with Crippen LogP contribution in [0.15, 0.2) is 18.3 Å². The summed E-state index contributed by atoms with van der Waals surface area (Å²) in [6, 6.07) is 4.08. The van der Waals surface area contributed by atoms with Crippen LogP contribution in [0.4, 0.5) is 0 Å². The fourth-order valence-corrected chi connectivity index (χ4v) is 1.80. The van der Waals surface area contributed by atoms with Crippen LogP contribution in [-0.4, -0.2) is 22.2 Å². The lowest BCUT2D eigenvalue weighted by Gasteiger charge is -2.36. The molecule has 3 nitrogen and oxygen atoms in total. The Morgan fingerprint density at radius 1 is 1.47 bits per heavy atom. The summed E-state index contributed by atoms with van der Waals surface area (Å²) in [6.45, 7) is 3.46. The Morgan fingerprint density at radius 3 is 2.80 bits per heavy atom. The van der Waals surface area contributed by atoms with Gasteiger partial charge in [0, 0.05) is 25.0 Å². The molecule has 0 amide bonds. The molecule has 2 rings (SSSR count). The number of hydrogen-bond acceptors (Lipinski definition) is 3. The van der Waals surface area contributed by atoms with Gasteiger partial charge in [-0.1, -0.05) is 6.07 Å². The first-order chi connectivity index (χ1) is 7.18. The molecule has 0 bridgehead atoms. The highest BCUT2D eigenvalue weighted by molar-refractivity contribution is 5.12. The summed E-state index contributed by atoms with van der Waals surface area (Å²) in [5.41, 5.74) is 1.78. The van der Waals surface area contributed by atoms with Crippen molar-refractivity contribution in [1.29, 1.82) is 0 Å². The van der Waals surface area contributed by atoms with Crippen molar-refractivity contribution < 1.29 is 5.11 Å². The normalized spacial score (nSPS) is 18.5. The van der Waals surface area contributed by atoms with Crippen molar-refractivity contribution in [1.82, 2.24) is 10.3 Å². The highest BCUT2D eigenvalue weighted by atomic mass is 16.3. The van der Waals surface area contributed by atoms with E-state index in [1.54, 1.807) is 0 Å². The minimum Gasteiger partial charge on any atom is -0.389 e. The van der Waals surface area contributed by atoms with Crippen LogP contribution in [0.25, 0.3) is 0 Å². The second-order valence-electron chi connectivity index (χ2n) is 4.49. The molecule has 1 aliphatic rings. The van der Waals surface area contributed by atoms with E-state index in [1.807, 2.05) is 19.2 Å². The van der Waals surface area contributed by atoms with Gasteiger partial charge in [0.15, 0.2) is 0 Å². The Balaban J connectivity index is 1.76. The van der Waals surface area contributed by atoms with Gasteiger partial charge in [-0.25, -0.2) is 0 Å². The third-order valence-corrected chi connectivity index (χ3v) is 3.04. The van der Waals surface area contributed by atoms with Crippen molar-refractivity contribution in [3.05, 3.63) is 29.6 Å². The molecule has 1 aromatic rings. The Labute approximate surface area is 90.5 Å². The molecule has 0 aromatic carbocycles. The van der Waals surface area contributed by atoms with E-state index in [4.69, 9.17) is 0 Å². The van der Waals surface area contributed by atoms with Gasteiger partial charge in [-0.05, 0) is 37.8 Å². The van der Waals surface area contributed by atoms with Crippen molar-refractivity contribution in [3.8, 4) is 0 Å². The lowest BCUT2D eigenvalue weighted by molar-refractivity contribution is -0.0314. The van der Waals surface area contributed by atoms with Crippen molar-refractivity contribution in [2.75, 3.05) is 6.54 Å². The molecule has 0 radical (unpaired) electrons. The second kappa shape index (κ2) is 4.29. The maximum atomic E-state index is 9.85. The van der Waals surface area contributed by atoms with Gasteiger partial charge in [0.25, 0.3) is 0 Å². The van der Waals surface area contributed by atoms with E-state index in [0.717, 1.165) is 31.5 Å². The minimum atomic E-state index is -0.432. The monoisotopic (exact) mass is 206 g/mol. The molecule has 1 aliphatic carbocycles. The van der Waals surface area contributed by atoms with E-state index < -0.39 is 5.60 Å². The van der Waals surface area contributed by atoms with Gasteiger partial charge >= 0.3 is 0 Å². The Bertz CT molecular complexity index is 317. The summed E-state index contributed by atoms with van der Waals surface area (Å²) in [5.74, 6) is 0. The molecular weight excluding hydrogens is 188 g/mol. The summed E-state index contributed by atoms with van der Waals surface area (Å²) in [4.78, 5) is 4.23. The smallest absolute Gasteiger partial charge is 0.0771 e. The van der Waals surface area contributed by atoms with Gasteiger partial charge in [-0.3, -0.25) is 4.98 Å². The summed E-state index contributed by atoms with van der Waals surface area (Å²) in [5, 5.41) is 13.1. The molecule has 2 N–H and O–H groups in total. The number of aromatic nitrogens is 1. The van der Waals surface area contributed by atoms with Crippen LogP contribution in [0.2, 0.25) is 0 Å². The average molecular weight is 206 g/mol. The molecule has 0 aliphatic heterocycles. The standard InChI is InChI=1S/C12H18N2O/c1-10-3-4-11(8-14-10)7-13-9-12(15)5-2-6-12/h3-4,8,13,15H,2,5-7,9H2,1H3. The minimum absolute atomic E-state index is 0.432. The van der Waals surface area contributed by atoms with Gasteiger partial charge in [-0.15, -0.1) is 0 Å². The molecule has 1 saturated carbocycles. The molecular formula is C12H18N2O. The van der Waals surface area contributed by atoms with Crippen molar-refractivity contribution in [3.63, 3.8) is 0 Å². The van der Waals surface area contributed by atoms with Gasteiger partial charge < -0.3 is 10.4 Å². The van der Waals surface area contributed by atoms with Crippen LogP contribution in [-0.2, 0) is 6.54 Å². The summed E-state index contributed by atoms with van der Waals surface area (Å²) >= 11 is 0. The summed E-state index contributed by atoms with van der Waals surface area (Å²) in [6.07, 6.45) is 4.91. The van der Waals surface area contributed by atoms with Gasteiger partial charge in [-0.2, -0.15) is 0 Å². The molecule has 15 heavy (non-hydrogen) atoms. The molecule has 1 heterocycles. The van der Waals surface area contributed by atoms with E-state index in [1.165, 1.54) is 5.56 Å². The van der Waals surface area contributed by atoms with Crippen molar-refractivity contribution in [2.45, 2.75) is 38.3 Å². The lowest BCUT2D eigenvalue weighted by atomic mass is 9.80. The first-order valence-corrected chi connectivity index (χ1v) is 5.53. The number of hydrogen-bond donors (Lipinski definition) is 2. The zero-order valence-corrected chi connectivity index (χ0v) is 9.16. The fraction of sp³-hybridized carbons (Fsp3) is 0.583. The van der Waals surface area contributed by atoms with Crippen LogP contribution in [0.5, 0.6) is 0 Å². The maximum Gasteiger partial charge on any atom is 0.0771 e. The van der Waals surface area contributed by atoms with Crippen LogP contribution >= 0.6 is 0 Å². The highest BCUT2D eigenvalue weighted by Gasteiger charge is 2.33. The molecule has 0 saturated heterocycles. The fourth-order valence-electron chi connectivity index (χ4n) is 1.80. The molecule has 0 spiro atoms. The zero-order chi connectivity index (χ0) is 10.7. The van der Waals surface area contributed by atoms with Crippen LogP contribution in [0.1, 0.15) is 30.5 Å². The average Bonchev–Trinajstić information content (AvgIpc) is 2.19. The maximum absolute atomic E-state index is 9.85. The number of rotatable bonds is 4.